The molecule has 1 aliphatic rings. The van der Waals surface area contributed by atoms with Crippen LogP contribution < -0.4 is 10.2 Å². The first-order chi connectivity index (χ1) is 10.6. The Morgan fingerprint density at radius 2 is 2.09 bits per heavy atom. The minimum Gasteiger partial charge on any atom is -0.467 e. The number of hydrogen-bond donors (Lipinski definition) is 1. The summed E-state index contributed by atoms with van der Waals surface area (Å²) in [5.41, 5.74) is 0.814. The molecule has 2 amide bonds. The quantitative estimate of drug-likeness (QED) is 0.850. The topological polar surface area (TPSA) is 62.6 Å². The lowest BCUT2D eigenvalue weighted by atomic mass is 10.1. The van der Waals surface area contributed by atoms with Gasteiger partial charge in [0.15, 0.2) is 0 Å². The Balaban J connectivity index is 1.63. The van der Waals surface area contributed by atoms with E-state index in [0.29, 0.717) is 25.3 Å². The summed E-state index contributed by atoms with van der Waals surface area (Å²) in [6, 6.07) is 11.0. The van der Waals surface area contributed by atoms with Gasteiger partial charge in [0.2, 0.25) is 11.8 Å². The van der Waals surface area contributed by atoms with Crippen LogP contribution in [0.2, 0.25) is 0 Å². The first kappa shape index (κ1) is 14.8. The van der Waals surface area contributed by atoms with Gasteiger partial charge in [0.05, 0.1) is 12.8 Å². The highest BCUT2D eigenvalue weighted by Crippen LogP contribution is 2.26. The molecule has 1 aliphatic heterocycles. The van der Waals surface area contributed by atoms with Gasteiger partial charge in [0.25, 0.3) is 0 Å². The van der Waals surface area contributed by atoms with E-state index in [4.69, 9.17) is 4.42 Å². The molecule has 6 heteroatoms. The van der Waals surface area contributed by atoms with Gasteiger partial charge in [-0.25, -0.2) is 0 Å². The number of amides is 2. The summed E-state index contributed by atoms with van der Waals surface area (Å²) in [5, 5.41) is 2.75. The van der Waals surface area contributed by atoms with Crippen LogP contribution in [0.25, 0.3) is 0 Å². The zero-order chi connectivity index (χ0) is 15.5. The largest absolute Gasteiger partial charge is 0.467 e. The van der Waals surface area contributed by atoms with Gasteiger partial charge in [0.1, 0.15) is 11.7 Å². The number of rotatable bonds is 4. The Morgan fingerprint density at radius 1 is 1.32 bits per heavy atom. The molecule has 1 aromatic heterocycles. The summed E-state index contributed by atoms with van der Waals surface area (Å²) in [6.45, 7) is 0.854. The average molecular weight is 363 g/mol. The molecule has 0 aliphatic carbocycles. The second-order valence-corrected chi connectivity index (χ2v) is 6.02. The van der Waals surface area contributed by atoms with Crippen molar-refractivity contribution >= 4 is 33.4 Å². The number of carbonyl (C=O) groups is 2. The van der Waals surface area contributed by atoms with Crippen LogP contribution in [0.5, 0.6) is 0 Å². The van der Waals surface area contributed by atoms with E-state index in [9.17, 15) is 9.59 Å². The van der Waals surface area contributed by atoms with Gasteiger partial charge < -0.3 is 14.6 Å². The summed E-state index contributed by atoms with van der Waals surface area (Å²) < 4.78 is 6.11. The Morgan fingerprint density at radius 3 is 2.77 bits per heavy atom. The summed E-state index contributed by atoms with van der Waals surface area (Å²) in [4.78, 5) is 26.3. The Bertz CT molecular complexity index is 667. The maximum atomic E-state index is 12.4. The van der Waals surface area contributed by atoms with E-state index in [1.165, 1.54) is 0 Å². The van der Waals surface area contributed by atoms with Crippen LogP contribution in [0.15, 0.2) is 51.6 Å². The van der Waals surface area contributed by atoms with Crippen molar-refractivity contribution in [1.82, 2.24) is 5.32 Å². The van der Waals surface area contributed by atoms with Crippen LogP contribution in [0.4, 0.5) is 5.69 Å². The fourth-order valence-electron chi connectivity index (χ4n) is 2.51. The summed E-state index contributed by atoms with van der Waals surface area (Å²) in [7, 11) is 0. The maximum Gasteiger partial charge on any atom is 0.239 e. The fraction of sp³-hybridized carbons (Fsp3) is 0.250. The summed E-state index contributed by atoms with van der Waals surface area (Å²) >= 11 is 3.37. The fourth-order valence-corrected chi connectivity index (χ4v) is 2.78. The molecule has 114 valence electrons. The second kappa shape index (κ2) is 6.36. The highest BCUT2D eigenvalue weighted by Gasteiger charge is 2.37. The van der Waals surface area contributed by atoms with Crippen molar-refractivity contribution in [2.45, 2.75) is 13.0 Å². The average Bonchev–Trinajstić information content (AvgIpc) is 3.15. The van der Waals surface area contributed by atoms with E-state index in [2.05, 4.69) is 21.2 Å². The number of furan rings is 1. The number of benzene rings is 1. The van der Waals surface area contributed by atoms with Crippen LogP contribution in [0.3, 0.4) is 0 Å². The van der Waals surface area contributed by atoms with Gasteiger partial charge in [-0.2, -0.15) is 0 Å². The SMILES string of the molecule is O=C(NCc1ccco1)[C@@H]1CCN(c2ccc(Br)cc2)C1=O. The van der Waals surface area contributed by atoms with Crippen molar-refractivity contribution in [3.05, 3.63) is 52.9 Å². The van der Waals surface area contributed by atoms with Crippen molar-refractivity contribution in [3.63, 3.8) is 0 Å². The normalized spacial score (nSPS) is 17.8. The minimum absolute atomic E-state index is 0.153. The molecule has 1 atom stereocenters. The number of halogens is 1. The van der Waals surface area contributed by atoms with Gasteiger partial charge in [0, 0.05) is 16.7 Å². The van der Waals surface area contributed by atoms with Gasteiger partial charge in [-0.15, -0.1) is 0 Å². The lowest BCUT2D eigenvalue weighted by Gasteiger charge is -2.16. The molecule has 1 aromatic carbocycles. The van der Waals surface area contributed by atoms with Crippen LogP contribution in [-0.2, 0) is 16.1 Å². The first-order valence-corrected chi connectivity index (χ1v) is 7.81. The molecular formula is C16H15BrN2O3. The van der Waals surface area contributed by atoms with E-state index in [-0.39, 0.29) is 11.8 Å². The standard InChI is InChI=1S/C16H15BrN2O3/c17-11-3-5-12(6-4-11)19-8-7-14(16(19)21)15(20)18-10-13-2-1-9-22-13/h1-6,9,14H,7-8,10H2,(H,18,20)/t14-/m0/s1. The number of anilines is 1. The molecule has 22 heavy (non-hydrogen) atoms. The highest BCUT2D eigenvalue weighted by molar-refractivity contribution is 9.10. The predicted molar refractivity (Wildman–Crippen MR) is 85.2 cm³/mol. The van der Waals surface area contributed by atoms with Gasteiger partial charge in [-0.05, 0) is 42.8 Å². The number of nitrogens with zero attached hydrogens (tertiary/aromatic N) is 1. The van der Waals surface area contributed by atoms with Gasteiger partial charge in [-0.3, -0.25) is 9.59 Å². The Labute approximate surface area is 136 Å². The summed E-state index contributed by atoms with van der Waals surface area (Å²) in [6.07, 6.45) is 2.08. The number of hydrogen-bond acceptors (Lipinski definition) is 3. The van der Waals surface area contributed by atoms with E-state index >= 15 is 0 Å². The molecule has 2 aromatic rings. The van der Waals surface area contributed by atoms with E-state index in [1.807, 2.05) is 24.3 Å². The maximum absolute atomic E-state index is 12.4. The lowest BCUT2D eigenvalue weighted by Crippen LogP contribution is -2.36. The van der Waals surface area contributed by atoms with Crippen LogP contribution in [-0.4, -0.2) is 18.4 Å². The molecule has 5 nitrogen and oxygen atoms in total. The molecule has 3 rings (SSSR count). The molecular weight excluding hydrogens is 348 g/mol. The molecule has 0 saturated carbocycles. The molecule has 1 fully saturated rings. The zero-order valence-electron chi connectivity index (χ0n) is 11.8. The van der Waals surface area contributed by atoms with Crippen LogP contribution in [0.1, 0.15) is 12.2 Å². The molecule has 0 unspecified atom stereocenters. The lowest BCUT2D eigenvalue weighted by molar-refractivity contribution is -0.132. The molecule has 0 radical (unpaired) electrons. The third-order valence-corrected chi connectivity index (χ3v) is 4.21. The molecule has 1 saturated heterocycles. The third kappa shape index (κ3) is 3.06. The molecule has 1 N–H and O–H groups in total. The monoisotopic (exact) mass is 362 g/mol. The Hall–Kier alpha value is -2.08. The van der Waals surface area contributed by atoms with Crippen LogP contribution in [0, 0.1) is 5.92 Å². The first-order valence-electron chi connectivity index (χ1n) is 7.02. The predicted octanol–water partition coefficient (Wildman–Crippen LogP) is 2.71. The molecule has 0 bridgehead atoms. The van der Waals surface area contributed by atoms with E-state index < -0.39 is 5.92 Å². The van der Waals surface area contributed by atoms with Crippen molar-refractivity contribution in [2.75, 3.05) is 11.4 Å². The Kier molecular flexibility index (Phi) is 4.29. The molecule has 0 spiro atoms. The van der Waals surface area contributed by atoms with Crippen molar-refractivity contribution in [3.8, 4) is 0 Å². The smallest absolute Gasteiger partial charge is 0.239 e. The second-order valence-electron chi connectivity index (χ2n) is 5.10. The summed E-state index contributed by atoms with van der Waals surface area (Å²) in [5.74, 6) is -0.359. The van der Waals surface area contributed by atoms with E-state index in [0.717, 1.165) is 10.2 Å². The molecule has 2 heterocycles. The minimum atomic E-state index is -0.626. The van der Waals surface area contributed by atoms with Crippen LogP contribution >= 0.6 is 15.9 Å². The van der Waals surface area contributed by atoms with Gasteiger partial charge >= 0.3 is 0 Å². The number of nitrogens with one attached hydrogen (secondary N) is 1. The van der Waals surface area contributed by atoms with E-state index in [1.54, 1.807) is 23.3 Å². The zero-order valence-corrected chi connectivity index (χ0v) is 13.4. The number of carbonyl (C=O) groups excluding carboxylic acids is 2. The highest BCUT2D eigenvalue weighted by atomic mass is 79.9. The van der Waals surface area contributed by atoms with Gasteiger partial charge in [-0.1, -0.05) is 15.9 Å². The van der Waals surface area contributed by atoms with Crippen molar-refractivity contribution in [1.29, 1.82) is 0 Å². The third-order valence-electron chi connectivity index (χ3n) is 3.68. The van der Waals surface area contributed by atoms with Crippen molar-refractivity contribution in [2.24, 2.45) is 5.92 Å². The van der Waals surface area contributed by atoms with Crippen molar-refractivity contribution < 1.29 is 14.0 Å².